The number of carbonyl (C=O) groups excluding carboxylic acids is 4. The number of aromatic nitrogens is 1. The molecule has 1 saturated heterocycles. The Labute approximate surface area is 256 Å². The van der Waals surface area contributed by atoms with Gasteiger partial charge in [0.05, 0.1) is 34.9 Å². The molecule has 15 heteroatoms. The Hall–Kier alpha value is -2.42. The number of rotatable bonds is 12. The number of thiazole rings is 1. The Morgan fingerprint density at radius 2 is 2.02 bits per heavy atom. The zero-order chi connectivity index (χ0) is 30.2. The molecule has 0 radical (unpaired) electrons. The van der Waals surface area contributed by atoms with Crippen molar-refractivity contribution in [3.05, 3.63) is 44.9 Å². The quantitative estimate of drug-likeness (QED) is 0.234. The molecule has 224 valence electrons. The van der Waals surface area contributed by atoms with Gasteiger partial charge in [0.15, 0.2) is 4.34 Å². The number of hydrogen-bond acceptors (Lipinski definition) is 10. The van der Waals surface area contributed by atoms with Gasteiger partial charge in [-0.1, -0.05) is 41.0 Å². The molecule has 0 saturated carbocycles. The SMILES string of the molecule is CC(C)(C)OC(=O)[C@H](CC(N)=O)NC(=O)c1csc(SCC(=O)NCC2CN(Cc3ccc(Cl)c(Cl)c3)CCO2)n1. The van der Waals surface area contributed by atoms with Crippen LogP contribution in [0.2, 0.25) is 10.0 Å². The van der Waals surface area contributed by atoms with Gasteiger partial charge in [-0.2, -0.15) is 0 Å². The van der Waals surface area contributed by atoms with Crippen LogP contribution in [0.1, 0.15) is 43.2 Å². The molecular weight excluding hydrogens is 613 g/mol. The molecule has 1 aliphatic heterocycles. The highest BCUT2D eigenvalue weighted by atomic mass is 35.5. The molecule has 0 spiro atoms. The van der Waals surface area contributed by atoms with Crippen LogP contribution in [0.25, 0.3) is 0 Å². The minimum Gasteiger partial charge on any atom is -0.458 e. The standard InChI is InChI=1S/C26H33Cl2N5O6S2/c1-26(2,3)39-24(37)19(9-21(29)34)31-23(36)20-13-40-25(32-20)41-14-22(35)30-10-16-12-33(6-7-38-16)11-15-4-5-17(27)18(28)8-15/h4-5,8,13,16,19H,6-7,9-12,14H2,1-3H3,(H2,29,34)(H,30,35)(H,31,36)/t16?,19-/m0/s1. The molecule has 2 atom stereocenters. The number of halogens is 2. The Bertz CT molecular complexity index is 1260. The molecule has 0 bridgehead atoms. The maximum absolute atomic E-state index is 12.7. The number of carbonyl (C=O) groups is 4. The summed E-state index contributed by atoms with van der Waals surface area (Å²) in [5.41, 5.74) is 5.52. The Morgan fingerprint density at radius 1 is 1.27 bits per heavy atom. The molecule has 1 aliphatic rings. The molecule has 0 aliphatic carbocycles. The number of hydrogen-bond donors (Lipinski definition) is 3. The van der Waals surface area contributed by atoms with Crippen LogP contribution in [0.15, 0.2) is 27.9 Å². The highest BCUT2D eigenvalue weighted by Gasteiger charge is 2.29. The third kappa shape index (κ3) is 11.4. The number of ether oxygens (including phenoxy) is 2. The smallest absolute Gasteiger partial charge is 0.329 e. The number of benzene rings is 1. The topological polar surface area (TPSA) is 153 Å². The zero-order valence-electron chi connectivity index (χ0n) is 22.9. The van der Waals surface area contributed by atoms with E-state index in [1.54, 1.807) is 26.8 Å². The Balaban J connectivity index is 1.43. The molecule has 3 rings (SSSR count). The van der Waals surface area contributed by atoms with Gasteiger partial charge in [0.1, 0.15) is 17.3 Å². The first-order valence-electron chi connectivity index (χ1n) is 12.7. The van der Waals surface area contributed by atoms with Gasteiger partial charge < -0.3 is 25.8 Å². The second-order valence-corrected chi connectivity index (χ2v) is 13.2. The zero-order valence-corrected chi connectivity index (χ0v) is 26.1. The number of primary amides is 1. The number of morpholine rings is 1. The van der Waals surface area contributed by atoms with Crippen molar-refractivity contribution in [1.82, 2.24) is 20.5 Å². The molecule has 11 nitrogen and oxygen atoms in total. The minimum absolute atomic E-state index is 0.0496. The average molecular weight is 647 g/mol. The monoisotopic (exact) mass is 645 g/mol. The van der Waals surface area contributed by atoms with Crippen LogP contribution in [-0.4, -0.2) is 83.3 Å². The molecule has 1 aromatic carbocycles. The highest BCUT2D eigenvalue weighted by Crippen LogP contribution is 2.24. The second kappa shape index (κ2) is 15.2. The van der Waals surface area contributed by atoms with E-state index in [4.69, 9.17) is 38.4 Å². The largest absolute Gasteiger partial charge is 0.458 e. The van der Waals surface area contributed by atoms with E-state index in [0.717, 1.165) is 12.1 Å². The predicted octanol–water partition coefficient (Wildman–Crippen LogP) is 2.87. The summed E-state index contributed by atoms with van der Waals surface area (Å²) in [6.45, 7) is 8.03. The van der Waals surface area contributed by atoms with E-state index in [2.05, 4.69) is 20.5 Å². The summed E-state index contributed by atoms with van der Waals surface area (Å²) in [5.74, 6) is -2.30. The van der Waals surface area contributed by atoms with Gasteiger partial charge >= 0.3 is 5.97 Å². The van der Waals surface area contributed by atoms with E-state index in [0.29, 0.717) is 40.6 Å². The van der Waals surface area contributed by atoms with Crippen LogP contribution < -0.4 is 16.4 Å². The fraction of sp³-hybridized carbons (Fsp3) is 0.500. The van der Waals surface area contributed by atoms with Gasteiger partial charge in [-0.15, -0.1) is 11.3 Å². The summed E-state index contributed by atoms with van der Waals surface area (Å²) in [6.07, 6.45) is -0.571. The van der Waals surface area contributed by atoms with E-state index < -0.39 is 35.8 Å². The van der Waals surface area contributed by atoms with E-state index in [9.17, 15) is 19.2 Å². The third-order valence-corrected chi connectivity index (χ3v) is 8.34. The van der Waals surface area contributed by atoms with Crippen molar-refractivity contribution < 1.29 is 28.7 Å². The van der Waals surface area contributed by atoms with Crippen molar-refractivity contribution in [3.63, 3.8) is 0 Å². The molecule has 1 fully saturated rings. The van der Waals surface area contributed by atoms with Crippen LogP contribution in [-0.2, 0) is 30.4 Å². The van der Waals surface area contributed by atoms with E-state index in [-0.39, 0.29) is 23.5 Å². The fourth-order valence-electron chi connectivity index (χ4n) is 3.78. The van der Waals surface area contributed by atoms with Gasteiger partial charge in [-0.25, -0.2) is 9.78 Å². The first kappa shape index (κ1) is 33.1. The Morgan fingerprint density at radius 3 is 2.71 bits per heavy atom. The van der Waals surface area contributed by atoms with Gasteiger partial charge in [0.25, 0.3) is 5.91 Å². The first-order chi connectivity index (χ1) is 19.3. The number of thioether (sulfide) groups is 1. The molecular formula is C26H33Cl2N5O6S2. The maximum atomic E-state index is 12.7. The average Bonchev–Trinajstić information content (AvgIpc) is 3.36. The maximum Gasteiger partial charge on any atom is 0.329 e. The van der Waals surface area contributed by atoms with E-state index in [1.807, 2.05) is 12.1 Å². The first-order valence-corrected chi connectivity index (χ1v) is 15.4. The van der Waals surface area contributed by atoms with Crippen LogP contribution in [0.4, 0.5) is 0 Å². The lowest BCUT2D eigenvalue weighted by Gasteiger charge is -2.33. The number of nitrogens with two attached hydrogens (primary N) is 1. The number of esters is 1. The lowest BCUT2D eigenvalue weighted by atomic mass is 10.1. The van der Waals surface area contributed by atoms with E-state index in [1.165, 1.54) is 28.5 Å². The summed E-state index contributed by atoms with van der Waals surface area (Å²) in [6, 6.07) is 4.31. The molecule has 41 heavy (non-hydrogen) atoms. The highest BCUT2D eigenvalue weighted by molar-refractivity contribution is 8.01. The van der Waals surface area contributed by atoms with E-state index >= 15 is 0 Å². The third-order valence-electron chi connectivity index (χ3n) is 5.58. The number of amides is 3. The molecule has 1 aromatic heterocycles. The van der Waals surface area contributed by atoms with Crippen molar-refractivity contribution in [2.24, 2.45) is 5.73 Å². The molecule has 1 unspecified atom stereocenters. The van der Waals surface area contributed by atoms with Crippen LogP contribution in [0.5, 0.6) is 0 Å². The fourth-order valence-corrected chi connectivity index (χ4v) is 5.73. The summed E-state index contributed by atoms with van der Waals surface area (Å²) in [4.78, 5) is 55.4. The van der Waals surface area contributed by atoms with Gasteiger partial charge in [0.2, 0.25) is 11.8 Å². The second-order valence-electron chi connectivity index (χ2n) is 10.3. The molecule has 4 N–H and O–H groups in total. The summed E-state index contributed by atoms with van der Waals surface area (Å²) in [7, 11) is 0. The lowest BCUT2D eigenvalue weighted by Crippen LogP contribution is -2.47. The van der Waals surface area contributed by atoms with Crippen LogP contribution in [0.3, 0.4) is 0 Å². The normalized spacial score (nSPS) is 16.6. The van der Waals surface area contributed by atoms with Crippen molar-refractivity contribution >= 4 is 70.0 Å². The van der Waals surface area contributed by atoms with Gasteiger partial charge in [-0.3, -0.25) is 19.3 Å². The number of nitrogens with one attached hydrogen (secondary N) is 2. The predicted molar refractivity (Wildman–Crippen MR) is 158 cm³/mol. The molecule has 2 aromatic rings. The van der Waals surface area contributed by atoms with Crippen molar-refractivity contribution in [2.45, 2.75) is 55.8 Å². The van der Waals surface area contributed by atoms with Crippen LogP contribution >= 0.6 is 46.3 Å². The van der Waals surface area contributed by atoms with Gasteiger partial charge in [0, 0.05) is 31.6 Å². The summed E-state index contributed by atoms with van der Waals surface area (Å²) < 4.78 is 11.6. The minimum atomic E-state index is -1.25. The van der Waals surface area contributed by atoms with Crippen molar-refractivity contribution in [2.75, 3.05) is 32.0 Å². The Kier molecular flexibility index (Phi) is 12.2. The van der Waals surface area contributed by atoms with Crippen molar-refractivity contribution in [1.29, 1.82) is 0 Å². The lowest BCUT2D eigenvalue weighted by molar-refractivity contribution is -0.158. The molecule has 3 amide bonds. The summed E-state index contributed by atoms with van der Waals surface area (Å²) >= 11 is 14.5. The van der Waals surface area contributed by atoms with Gasteiger partial charge in [-0.05, 0) is 38.5 Å². The number of nitrogens with zero attached hydrogens (tertiary/aromatic N) is 2. The van der Waals surface area contributed by atoms with Crippen molar-refractivity contribution in [3.8, 4) is 0 Å². The summed E-state index contributed by atoms with van der Waals surface area (Å²) in [5, 5.41) is 7.87. The van der Waals surface area contributed by atoms with Crippen LogP contribution in [0, 0.1) is 0 Å². The molecule has 2 heterocycles.